The Labute approximate surface area is 240 Å². The van der Waals surface area contributed by atoms with Crippen molar-refractivity contribution in [3.8, 4) is 11.5 Å². The fourth-order valence-electron chi connectivity index (χ4n) is 3.60. The highest BCUT2D eigenvalue weighted by Crippen LogP contribution is 2.28. The van der Waals surface area contributed by atoms with E-state index in [1.54, 1.807) is 60.7 Å². The highest BCUT2D eigenvalue weighted by atomic mass is 32.2. The monoisotopic (exact) mass is 610 g/mol. The molecule has 216 valence electrons. The summed E-state index contributed by atoms with van der Waals surface area (Å²) in [6, 6.07) is 23.4. The zero-order chi connectivity index (χ0) is 30.3. The summed E-state index contributed by atoms with van der Waals surface area (Å²) in [5, 5.41) is 4.91. The topological polar surface area (TPSA) is 185 Å². The summed E-state index contributed by atoms with van der Waals surface area (Å²) in [5.74, 6) is -0.413. The number of ether oxygens (including phenoxy) is 2. The fraction of sp³-hybridized carbons (Fsp3) is 0. The predicted octanol–water partition coefficient (Wildman–Crippen LogP) is 5.57. The van der Waals surface area contributed by atoms with Gasteiger partial charge in [0.05, 0.1) is 0 Å². The van der Waals surface area contributed by atoms with Crippen LogP contribution in [0.3, 0.4) is 0 Å². The van der Waals surface area contributed by atoms with Gasteiger partial charge in [-0.15, -0.1) is 0 Å². The molecule has 0 aromatic heterocycles. The quantitative estimate of drug-likeness (QED) is 0.145. The lowest BCUT2D eigenvalue weighted by molar-refractivity contribution is 0.214. The van der Waals surface area contributed by atoms with Gasteiger partial charge in [0.2, 0.25) is 0 Å². The number of rotatable bonds is 8. The third kappa shape index (κ3) is 8.25. The Balaban J connectivity index is 1.57. The number of carbonyl (C=O) groups is 2. The van der Waals surface area contributed by atoms with Crippen LogP contribution in [0.5, 0.6) is 11.5 Å². The van der Waals surface area contributed by atoms with Gasteiger partial charge >= 0.3 is 12.2 Å². The lowest BCUT2D eigenvalue weighted by atomic mass is 10.1. The van der Waals surface area contributed by atoms with Gasteiger partial charge in [0.25, 0.3) is 20.2 Å². The summed E-state index contributed by atoms with van der Waals surface area (Å²) in [4.78, 5) is 23.1. The van der Waals surface area contributed by atoms with Crippen molar-refractivity contribution in [2.24, 2.45) is 0 Å². The van der Waals surface area contributed by atoms with Crippen LogP contribution in [-0.4, -0.2) is 38.1 Å². The maximum absolute atomic E-state index is 12.2. The van der Waals surface area contributed by atoms with E-state index in [0.717, 1.165) is 24.3 Å². The SMILES string of the molecule is O=C(Nc1ccccc1)Oc1ccc(C=Cc2ccc(OC(=O)Nc3ccccc3)cc2S(=O)(=O)O)c(S(=O)(=O)O)c1. The third-order valence-corrected chi connectivity index (χ3v) is 7.25. The van der Waals surface area contributed by atoms with E-state index >= 15 is 0 Å². The second kappa shape index (κ2) is 12.7. The van der Waals surface area contributed by atoms with Crippen LogP contribution in [0.2, 0.25) is 0 Å². The van der Waals surface area contributed by atoms with Gasteiger partial charge in [-0.1, -0.05) is 48.6 Å². The molecule has 0 fully saturated rings. The van der Waals surface area contributed by atoms with Gasteiger partial charge in [-0.2, -0.15) is 16.8 Å². The van der Waals surface area contributed by atoms with Crippen molar-refractivity contribution >= 4 is 55.9 Å². The second-order valence-corrected chi connectivity index (χ2v) is 11.2. The van der Waals surface area contributed by atoms with Crippen LogP contribution >= 0.6 is 0 Å². The third-order valence-electron chi connectivity index (χ3n) is 5.43. The molecule has 42 heavy (non-hydrogen) atoms. The molecule has 0 spiro atoms. The average Bonchev–Trinajstić information content (AvgIpc) is 2.92. The number of hydrogen-bond donors (Lipinski definition) is 4. The predicted molar refractivity (Wildman–Crippen MR) is 154 cm³/mol. The van der Waals surface area contributed by atoms with E-state index in [4.69, 9.17) is 9.47 Å². The van der Waals surface area contributed by atoms with Crippen molar-refractivity contribution in [1.82, 2.24) is 0 Å². The van der Waals surface area contributed by atoms with Gasteiger partial charge in [-0.05, 0) is 59.7 Å². The van der Waals surface area contributed by atoms with E-state index in [-0.39, 0.29) is 22.6 Å². The molecule has 0 aliphatic carbocycles. The molecule has 4 rings (SSSR count). The molecule has 4 N–H and O–H groups in total. The standard InChI is InChI=1S/C28H22N2O10S2/c31-27(29-21-7-3-1-4-8-21)39-23-15-13-19(25(17-23)41(33,34)35)11-12-20-14-16-24(18-26(20)42(36,37)38)40-28(32)30-22-9-5-2-6-10-22/h1-18H,(H,29,31)(H,30,32)(H,33,34,35)(H,36,37,38). The Hall–Kier alpha value is -5.02. The van der Waals surface area contributed by atoms with Crippen LogP contribution < -0.4 is 20.1 Å². The summed E-state index contributed by atoms with van der Waals surface area (Å²) < 4.78 is 78.0. The summed E-state index contributed by atoms with van der Waals surface area (Å²) in [6.45, 7) is 0. The van der Waals surface area contributed by atoms with Crippen LogP contribution in [0.25, 0.3) is 12.2 Å². The van der Waals surface area contributed by atoms with Gasteiger partial charge < -0.3 is 9.47 Å². The Morgan fingerprint density at radius 3 is 1.26 bits per heavy atom. The molecule has 12 nitrogen and oxygen atoms in total. The smallest absolute Gasteiger partial charge is 0.410 e. The van der Waals surface area contributed by atoms with Gasteiger partial charge in [0.15, 0.2) is 0 Å². The number of benzene rings is 4. The van der Waals surface area contributed by atoms with Crippen molar-refractivity contribution < 1.29 is 45.0 Å². The molecule has 14 heteroatoms. The number of nitrogens with one attached hydrogen (secondary N) is 2. The number of carbonyl (C=O) groups excluding carboxylic acids is 2. The van der Waals surface area contributed by atoms with E-state index in [9.17, 15) is 35.5 Å². The molecule has 4 aromatic rings. The molecule has 0 aliphatic rings. The number of amides is 2. The molecule has 0 unspecified atom stereocenters. The molecular formula is C28H22N2O10S2. The molecule has 0 saturated carbocycles. The van der Waals surface area contributed by atoms with E-state index in [2.05, 4.69) is 10.6 Å². The summed E-state index contributed by atoms with van der Waals surface area (Å²) in [7, 11) is -9.67. The van der Waals surface area contributed by atoms with Crippen LogP contribution in [0.4, 0.5) is 21.0 Å². The summed E-state index contributed by atoms with van der Waals surface area (Å²) >= 11 is 0. The molecule has 2 amide bonds. The molecule has 0 radical (unpaired) electrons. The maximum atomic E-state index is 12.2. The Morgan fingerprint density at radius 2 is 0.929 bits per heavy atom. The van der Waals surface area contributed by atoms with Gasteiger partial charge in [0.1, 0.15) is 21.3 Å². The number of anilines is 2. The minimum Gasteiger partial charge on any atom is -0.410 e. The molecular weight excluding hydrogens is 588 g/mol. The van der Waals surface area contributed by atoms with Crippen LogP contribution in [0, 0.1) is 0 Å². The first-order valence-electron chi connectivity index (χ1n) is 11.9. The fourth-order valence-corrected chi connectivity index (χ4v) is 5.00. The molecule has 0 bridgehead atoms. The van der Waals surface area contributed by atoms with E-state index in [1.165, 1.54) is 24.3 Å². The maximum Gasteiger partial charge on any atom is 0.417 e. The van der Waals surface area contributed by atoms with Gasteiger partial charge in [-0.25, -0.2) is 9.59 Å². The molecule has 0 heterocycles. The van der Waals surface area contributed by atoms with E-state index < -0.39 is 42.2 Å². The van der Waals surface area contributed by atoms with Crippen molar-refractivity contribution in [2.75, 3.05) is 10.6 Å². The van der Waals surface area contributed by atoms with Gasteiger partial charge in [-0.3, -0.25) is 19.7 Å². The van der Waals surface area contributed by atoms with Crippen LogP contribution in [0.15, 0.2) is 107 Å². The highest BCUT2D eigenvalue weighted by Gasteiger charge is 2.19. The first-order valence-corrected chi connectivity index (χ1v) is 14.8. The summed E-state index contributed by atoms with van der Waals surface area (Å²) in [6.07, 6.45) is 0.485. The lowest BCUT2D eigenvalue weighted by Gasteiger charge is -2.10. The Morgan fingerprint density at radius 1 is 0.571 bits per heavy atom. The second-order valence-electron chi connectivity index (χ2n) is 8.44. The normalized spacial score (nSPS) is 11.6. The average molecular weight is 611 g/mol. The highest BCUT2D eigenvalue weighted by molar-refractivity contribution is 7.86. The van der Waals surface area contributed by atoms with Crippen molar-refractivity contribution in [1.29, 1.82) is 0 Å². The minimum atomic E-state index is -4.83. The van der Waals surface area contributed by atoms with Crippen LogP contribution in [-0.2, 0) is 20.2 Å². The molecule has 0 saturated heterocycles. The van der Waals surface area contributed by atoms with Gasteiger partial charge in [0, 0.05) is 23.5 Å². The molecule has 4 aromatic carbocycles. The van der Waals surface area contributed by atoms with E-state index in [1.807, 2.05) is 0 Å². The van der Waals surface area contributed by atoms with Crippen molar-refractivity contribution in [3.05, 3.63) is 108 Å². The van der Waals surface area contributed by atoms with Crippen molar-refractivity contribution in [2.45, 2.75) is 9.79 Å². The zero-order valence-corrected chi connectivity index (χ0v) is 23.0. The lowest BCUT2D eigenvalue weighted by Crippen LogP contribution is -2.17. The van der Waals surface area contributed by atoms with Crippen molar-refractivity contribution in [3.63, 3.8) is 0 Å². The Kier molecular flexibility index (Phi) is 9.02. The first-order chi connectivity index (χ1) is 19.9. The molecule has 0 aliphatic heterocycles. The minimum absolute atomic E-state index is 0.0998. The number of hydrogen-bond acceptors (Lipinski definition) is 8. The Bertz CT molecular complexity index is 1720. The van der Waals surface area contributed by atoms with E-state index in [0.29, 0.717) is 11.4 Å². The number of para-hydroxylation sites is 2. The largest absolute Gasteiger partial charge is 0.417 e. The first kappa shape index (κ1) is 30.0. The molecule has 0 atom stereocenters. The van der Waals surface area contributed by atoms with Crippen LogP contribution in [0.1, 0.15) is 11.1 Å². The zero-order valence-electron chi connectivity index (χ0n) is 21.4. The summed E-state index contributed by atoms with van der Waals surface area (Å²) in [5.41, 5.74) is 0.661.